The van der Waals surface area contributed by atoms with Gasteiger partial charge in [-0.25, -0.2) is 4.79 Å². The first-order valence-corrected chi connectivity index (χ1v) is 9.29. The fraction of sp³-hybridized carbons (Fsp3) is 0.412. The lowest BCUT2D eigenvalue weighted by atomic mass is 10.1. The van der Waals surface area contributed by atoms with Gasteiger partial charge in [0.1, 0.15) is 11.5 Å². The Labute approximate surface area is 167 Å². The smallest absolute Gasteiger partial charge is 0.435 e. The molecule has 2 amide bonds. The number of alkyl halides is 3. The van der Waals surface area contributed by atoms with Gasteiger partial charge in [0.05, 0.1) is 17.0 Å². The van der Waals surface area contributed by atoms with E-state index in [0.717, 1.165) is 22.1 Å². The van der Waals surface area contributed by atoms with Crippen molar-refractivity contribution in [3.05, 3.63) is 33.5 Å². The maximum atomic E-state index is 12.8. The Morgan fingerprint density at radius 2 is 1.97 bits per heavy atom. The van der Waals surface area contributed by atoms with Gasteiger partial charge >= 0.3 is 12.1 Å². The van der Waals surface area contributed by atoms with Crippen molar-refractivity contribution in [2.24, 2.45) is 5.73 Å². The number of aromatic nitrogens is 2. The lowest BCUT2D eigenvalue weighted by molar-refractivity contribution is -0.141. The number of nitrogens with zero attached hydrogens (tertiary/aromatic N) is 2. The van der Waals surface area contributed by atoms with Gasteiger partial charge < -0.3 is 15.8 Å². The number of ether oxygens (including phenoxy) is 1. The molecule has 3 N–H and O–H groups in total. The summed E-state index contributed by atoms with van der Waals surface area (Å²) in [6.45, 7) is 4.28. The van der Waals surface area contributed by atoms with Crippen LogP contribution in [0.4, 0.5) is 18.2 Å². The Morgan fingerprint density at radius 1 is 1.31 bits per heavy atom. The van der Waals surface area contributed by atoms with Crippen LogP contribution in [0.25, 0.3) is 0 Å². The molecule has 0 fully saturated rings. The normalized spacial score (nSPS) is 11.4. The highest BCUT2D eigenvalue weighted by atomic mass is 32.1. The van der Waals surface area contributed by atoms with Crippen LogP contribution in [0.5, 0.6) is 0 Å². The third-order valence-electron chi connectivity index (χ3n) is 3.83. The lowest BCUT2D eigenvalue weighted by Crippen LogP contribution is -2.21. The van der Waals surface area contributed by atoms with Gasteiger partial charge in [-0.1, -0.05) is 6.92 Å². The summed E-state index contributed by atoms with van der Waals surface area (Å²) < 4.78 is 44.3. The quantitative estimate of drug-likeness (QED) is 0.653. The summed E-state index contributed by atoms with van der Waals surface area (Å²) in [7, 11) is 0. The Hall–Kier alpha value is -2.89. The third-order valence-corrected chi connectivity index (χ3v) is 5.05. The number of amides is 2. The first-order valence-electron chi connectivity index (χ1n) is 8.47. The van der Waals surface area contributed by atoms with Gasteiger partial charge in [0.15, 0.2) is 5.69 Å². The van der Waals surface area contributed by atoms with E-state index in [1.54, 1.807) is 6.92 Å². The summed E-state index contributed by atoms with van der Waals surface area (Å²) in [5.41, 5.74) is 4.56. The van der Waals surface area contributed by atoms with Gasteiger partial charge in [-0.15, -0.1) is 11.3 Å². The Bertz CT molecular complexity index is 949. The first kappa shape index (κ1) is 22.4. The fourth-order valence-electron chi connectivity index (χ4n) is 2.46. The van der Waals surface area contributed by atoms with Gasteiger partial charge in [0.25, 0.3) is 5.91 Å². The fourth-order valence-corrected chi connectivity index (χ4v) is 3.52. The van der Waals surface area contributed by atoms with Gasteiger partial charge in [0.2, 0.25) is 5.91 Å². The first-order chi connectivity index (χ1) is 13.5. The van der Waals surface area contributed by atoms with Crippen LogP contribution in [0.3, 0.4) is 0 Å². The maximum Gasteiger partial charge on any atom is 0.435 e. The molecular formula is C17H19F3N4O4S. The molecule has 0 saturated heterocycles. The van der Waals surface area contributed by atoms with Gasteiger partial charge in [-0.3, -0.25) is 14.3 Å². The van der Waals surface area contributed by atoms with Gasteiger partial charge in [-0.05, 0) is 31.9 Å². The number of esters is 1. The standard InChI is InChI=1S/C17H19F3N4O4S/c1-4-5-28-16(27)12-9(3)13(14(21)26)29-15(12)22-11(25)7-24-8(2)6-10(23-24)17(18,19)20/h6H,4-5,7H2,1-3H3,(H2,21,26)(H,22,25). The van der Waals surface area contributed by atoms with Crippen LogP contribution in [-0.4, -0.2) is 34.2 Å². The molecule has 0 spiro atoms. The Balaban J connectivity index is 2.28. The van der Waals surface area contributed by atoms with E-state index in [-0.39, 0.29) is 33.3 Å². The second-order valence-corrected chi connectivity index (χ2v) is 7.16. The molecule has 0 aromatic carbocycles. The van der Waals surface area contributed by atoms with Crippen molar-refractivity contribution < 1.29 is 32.3 Å². The monoisotopic (exact) mass is 432 g/mol. The van der Waals surface area contributed by atoms with E-state index in [2.05, 4.69) is 10.4 Å². The second-order valence-electron chi connectivity index (χ2n) is 6.14. The van der Waals surface area contributed by atoms with E-state index >= 15 is 0 Å². The van der Waals surface area contributed by atoms with E-state index in [1.807, 2.05) is 0 Å². The Morgan fingerprint density at radius 3 is 2.48 bits per heavy atom. The van der Waals surface area contributed by atoms with Crippen molar-refractivity contribution >= 4 is 34.1 Å². The lowest BCUT2D eigenvalue weighted by Gasteiger charge is -2.08. The van der Waals surface area contributed by atoms with Crippen LogP contribution in [0.1, 0.15) is 50.3 Å². The molecule has 2 heterocycles. The number of rotatable bonds is 7. The topological polar surface area (TPSA) is 116 Å². The van der Waals surface area contributed by atoms with E-state index in [9.17, 15) is 27.6 Å². The van der Waals surface area contributed by atoms with Crippen molar-refractivity contribution in [3.63, 3.8) is 0 Å². The minimum absolute atomic E-state index is 0.0150. The number of primary amides is 1. The molecule has 8 nitrogen and oxygen atoms in total. The number of anilines is 1. The van der Waals surface area contributed by atoms with Crippen molar-refractivity contribution in [1.82, 2.24) is 9.78 Å². The van der Waals surface area contributed by atoms with E-state index in [4.69, 9.17) is 10.5 Å². The van der Waals surface area contributed by atoms with Crippen molar-refractivity contribution in [1.29, 1.82) is 0 Å². The summed E-state index contributed by atoms with van der Waals surface area (Å²) in [6, 6.07) is 0.821. The molecule has 2 aromatic heterocycles. The van der Waals surface area contributed by atoms with Gasteiger partial charge in [0, 0.05) is 5.69 Å². The number of carbonyl (C=O) groups is 3. The van der Waals surface area contributed by atoms with Gasteiger partial charge in [-0.2, -0.15) is 18.3 Å². The minimum atomic E-state index is -4.63. The van der Waals surface area contributed by atoms with Crippen LogP contribution in [0.15, 0.2) is 6.07 Å². The molecule has 0 aliphatic rings. The highest BCUT2D eigenvalue weighted by Crippen LogP contribution is 2.34. The van der Waals surface area contributed by atoms with Crippen LogP contribution in [0.2, 0.25) is 0 Å². The van der Waals surface area contributed by atoms with Crippen LogP contribution < -0.4 is 11.1 Å². The highest BCUT2D eigenvalue weighted by molar-refractivity contribution is 7.18. The predicted octanol–water partition coefficient (Wildman–Crippen LogP) is 2.88. The summed E-state index contributed by atoms with van der Waals surface area (Å²) in [5.74, 6) is -2.25. The van der Waals surface area contributed by atoms with E-state index in [1.165, 1.54) is 13.8 Å². The van der Waals surface area contributed by atoms with Crippen molar-refractivity contribution in [2.45, 2.75) is 39.9 Å². The average Bonchev–Trinajstić information content (AvgIpc) is 3.13. The SMILES string of the molecule is CCCOC(=O)c1c(NC(=O)Cn2nc(C(F)(F)F)cc2C)sc(C(N)=O)c1C. The minimum Gasteiger partial charge on any atom is -0.462 e. The summed E-state index contributed by atoms with van der Waals surface area (Å²) in [6.07, 6.45) is -4.07. The molecule has 29 heavy (non-hydrogen) atoms. The zero-order valence-electron chi connectivity index (χ0n) is 15.8. The molecule has 158 valence electrons. The molecule has 0 aliphatic carbocycles. The molecular weight excluding hydrogens is 413 g/mol. The zero-order chi connectivity index (χ0) is 21.9. The van der Waals surface area contributed by atoms with Crippen molar-refractivity contribution in [3.8, 4) is 0 Å². The summed E-state index contributed by atoms with van der Waals surface area (Å²) in [4.78, 5) is 36.3. The molecule has 0 atom stereocenters. The van der Waals surface area contributed by atoms with Crippen molar-refractivity contribution in [2.75, 3.05) is 11.9 Å². The second kappa shape index (κ2) is 8.64. The van der Waals surface area contributed by atoms with E-state index in [0.29, 0.717) is 6.42 Å². The molecule has 0 bridgehead atoms. The third kappa shape index (κ3) is 5.13. The van der Waals surface area contributed by atoms with Crippen LogP contribution >= 0.6 is 11.3 Å². The predicted molar refractivity (Wildman–Crippen MR) is 98.7 cm³/mol. The molecule has 2 rings (SSSR count). The number of aryl methyl sites for hydroxylation is 1. The number of nitrogens with one attached hydrogen (secondary N) is 1. The summed E-state index contributed by atoms with van der Waals surface area (Å²) >= 11 is 0.792. The maximum absolute atomic E-state index is 12.8. The highest BCUT2D eigenvalue weighted by Gasteiger charge is 2.34. The number of hydrogen-bond donors (Lipinski definition) is 2. The molecule has 2 aromatic rings. The molecule has 0 saturated carbocycles. The molecule has 12 heteroatoms. The number of thiophene rings is 1. The molecule has 0 aliphatic heterocycles. The van der Waals surface area contributed by atoms with Crippen LogP contribution in [0, 0.1) is 13.8 Å². The zero-order valence-corrected chi connectivity index (χ0v) is 16.7. The summed E-state index contributed by atoms with van der Waals surface area (Å²) in [5, 5.41) is 5.85. The number of nitrogens with two attached hydrogens (primary N) is 1. The average molecular weight is 432 g/mol. The number of carbonyl (C=O) groups excluding carboxylic acids is 3. The number of hydrogen-bond acceptors (Lipinski definition) is 6. The largest absolute Gasteiger partial charge is 0.462 e. The van der Waals surface area contributed by atoms with E-state index < -0.39 is 36.2 Å². The molecule has 0 radical (unpaired) electrons. The van der Waals surface area contributed by atoms with Crippen LogP contribution in [-0.2, 0) is 22.3 Å². The Kier molecular flexibility index (Phi) is 6.67. The number of halogens is 3. The molecule has 0 unspecified atom stereocenters.